The summed E-state index contributed by atoms with van der Waals surface area (Å²) in [4.78, 5) is 0. The van der Waals surface area contributed by atoms with Crippen molar-refractivity contribution < 1.29 is 0 Å². The van der Waals surface area contributed by atoms with Gasteiger partial charge in [-0.15, -0.1) is 0 Å². The molecule has 1 nitrogen and oxygen atoms in total. The molecule has 1 heteroatoms. The summed E-state index contributed by atoms with van der Waals surface area (Å²) < 4.78 is 0. The number of hydrogen-bond acceptors (Lipinski definition) is 1. The van der Waals surface area contributed by atoms with Crippen molar-refractivity contribution in [3.8, 4) is 6.07 Å². The molecule has 0 unspecified atom stereocenters. The molecule has 0 amide bonds. The van der Waals surface area contributed by atoms with Gasteiger partial charge in [-0.3, -0.25) is 0 Å². The second-order valence-corrected chi connectivity index (χ2v) is 4.50. The summed E-state index contributed by atoms with van der Waals surface area (Å²) in [5.41, 5.74) is 4.51. The van der Waals surface area contributed by atoms with E-state index in [2.05, 4.69) is 37.8 Å². The van der Waals surface area contributed by atoms with E-state index in [-0.39, 0.29) is 5.41 Å². The predicted octanol–water partition coefficient (Wildman–Crippen LogP) is 5.64. The van der Waals surface area contributed by atoms with Crippen LogP contribution < -0.4 is 0 Å². The van der Waals surface area contributed by atoms with E-state index >= 15 is 0 Å². The molecule has 0 aromatic heterocycles. The lowest BCUT2D eigenvalue weighted by molar-refractivity contribution is 0.905. The molecule has 0 radical (unpaired) electrons. The zero-order valence-electron chi connectivity index (χ0n) is 13.3. The van der Waals surface area contributed by atoms with Crippen LogP contribution in [-0.4, -0.2) is 0 Å². The van der Waals surface area contributed by atoms with Crippen LogP contribution in [0.15, 0.2) is 24.8 Å². The zero-order chi connectivity index (χ0) is 15.1. The van der Waals surface area contributed by atoms with Crippen LogP contribution in [0.2, 0.25) is 0 Å². The largest absolute Gasteiger partial charge is 0.197 e. The smallest absolute Gasteiger partial charge is 0.0823 e. The van der Waals surface area contributed by atoms with Crippen molar-refractivity contribution in [2.24, 2.45) is 0 Å². The Labute approximate surface area is 119 Å². The molecule has 1 aliphatic rings. The van der Waals surface area contributed by atoms with E-state index in [1.165, 1.54) is 16.7 Å². The van der Waals surface area contributed by atoms with Crippen molar-refractivity contribution in [3.63, 3.8) is 0 Å². The molecule has 0 atom stereocenters. The maximum absolute atomic E-state index is 9.11. The lowest BCUT2D eigenvalue weighted by Crippen LogP contribution is -2.03. The normalized spacial score (nSPS) is 13.9. The van der Waals surface area contributed by atoms with Gasteiger partial charge in [-0.2, -0.15) is 5.26 Å². The van der Waals surface area contributed by atoms with E-state index in [4.69, 9.17) is 5.26 Å². The second kappa shape index (κ2) is 7.79. The first-order valence-electron chi connectivity index (χ1n) is 7.27. The Kier molecular flexibility index (Phi) is 7.16. The number of benzene rings is 1. The number of nitrogens with zero attached hydrogens (tertiary/aromatic N) is 1. The maximum atomic E-state index is 9.11. The van der Waals surface area contributed by atoms with E-state index in [0.717, 1.165) is 18.4 Å². The van der Waals surface area contributed by atoms with Crippen LogP contribution in [0.25, 0.3) is 5.57 Å². The zero-order valence-corrected chi connectivity index (χ0v) is 13.3. The Bertz CT molecular complexity index is 459. The number of hydrogen-bond donors (Lipinski definition) is 0. The highest BCUT2D eigenvalue weighted by atomic mass is 14.5. The number of nitriles is 1. The van der Waals surface area contributed by atoms with Gasteiger partial charge >= 0.3 is 0 Å². The van der Waals surface area contributed by atoms with E-state index in [1.54, 1.807) is 0 Å². The highest BCUT2D eigenvalue weighted by Crippen LogP contribution is 2.47. The van der Waals surface area contributed by atoms with Gasteiger partial charge in [0.25, 0.3) is 0 Å². The van der Waals surface area contributed by atoms with Gasteiger partial charge in [0.1, 0.15) is 0 Å². The second-order valence-electron chi connectivity index (χ2n) is 4.50. The van der Waals surface area contributed by atoms with Crippen molar-refractivity contribution in [3.05, 3.63) is 41.5 Å². The fraction of sp³-hybridized carbons (Fsp3) is 0.500. The molecule has 1 aromatic carbocycles. The van der Waals surface area contributed by atoms with Gasteiger partial charge in [0.05, 0.1) is 11.5 Å². The van der Waals surface area contributed by atoms with Gasteiger partial charge in [-0.05, 0) is 43.4 Å². The Hall–Kier alpha value is -1.55. The number of aryl methyl sites for hydroxylation is 1. The Morgan fingerprint density at radius 2 is 1.74 bits per heavy atom. The molecule has 1 saturated carbocycles. The minimum atomic E-state index is -0.168. The molecule has 0 aliphatic heterocycles. The Balaban J connectivity index is 0.000000741. The van der Waals surface area contributed by atoms with Gasteiger partial charge in [0.15, 0.2) is 0 Å². The molecule has 0 bridgehead atoms. The van der Waals surface area contributed by atoms with Crippen LogP contribution in [0, 0.1) is 18.3 Å². The fourth-order valence-corrected chi connectivity index (χ4v) is 2.03. The number of allylic oxidation sites excluding steroid dienone is 1. The predicted molar refractivity (Wildman–Crippen MR) is 85.1 cm³/mol. The van der Waals surface area contributed by atoms with E-state index in [9.17, 15) is 0 Å². The van der Waals surface area contributed by atoms with Crippen molar-refractivity contribution in [1.29, 1.82) is 5.26 Å². The molecule has 1 fully saturated rings. The molecular formula is C18H27N. The monoisotopic (exact) mass is 257 g/mol. The van der Waals surface area contributed by atoms with E-state index < -0.39 is 0 Å². The Morgan fingerprint density at radius 1 is 1.21 bits per heavy atom. The topological polar surface area (TPSA) is 23.8 Å². The highest BCUT2D eigenvalue weighted by molar-refractivity contribution is 5.65. The molecule has 0 N–H and O–H groups in total. The maximum Gasteiger partial charge on any atom is 0.0823 e. The molecule has 0 spiro atoms. The fourth-order valence-electron chi connectivity index (χ4n) is 2.03. The molecule has 0 saturated heterocycles. The summed E-state index contributed by atoms with van der Waals surface area (Å²) in [5.74, 6) is 0. The van der Waals surface area contributed by atoms with Crippen LogP contribution in [0.5, 0.6) is 0 Å². The van der Waals surface area contributed by atoms with Crippen molar-refractivity contribution in [1.82, 2.24) is 0 Å². The Morgan fingerprint density at radius 3 is 2.05 bits per heavy atom. The summed E-state index contributed by atoms with van der Waals surface area (Å²) in [7, 11) is 0. The van der Waals surface area contributed by atoms with Gasteiger partial charge in [0, 0.05) is 0 Å². The molecule has 19 heavy (non-hydrogen) atoms. The van der Waals surface area contributed by atoms with E-state index in [0.29, 0.717) is 0 Å². The third kappa shape index (κ3) is 3.96. The van der Waals surface area contributed by atoms with Crippen molar-refractivity contribution in [2.75, 3.05) is 0 Å². The summed E-state index contributed by atoms with van der Waals surface area (Å²) in [6.07, 6.45) is 2.02. The minimum absolute atomic E-state index is 0.168. The molecular weight excluding hydrogens is 230 g/mol. The molecule has 104 valence electrons. The first-order valence-corrected chi connectivity index (χ1v) is 7.27. The van der Waals surface area contributed by atoms with Crippen molar-refractivity contribution in [2.45, 2.75) is 59.8 Å². The average Bonchev–Trinajstić information content (AvgIpc) is 3.24. The van der Waals surface area contributed by atoms with Crippen LogP contribution in [-0.2, 0) is 5.41 Å². The molecule has 1 aromatic rings. The third-order valence-corrected chi connectivity index (χ3v) is 3.20. The quantitative estimate of drug-likeness (QED) is 0.673. The summed E-state index contributed by atoms with van der Waals surface area (Å²) in [6, 6.07) is 8.73. The molecule has 1 aliphatic carbocycles. The minimum Gasteiger partial charge on any atom is -0.197 e. The summed E-state index contributed by atoms with van der Waals surface area (Å²) in [5, 5.41) is 9.11. The lowest BCUT2D eigenvalue weighted by atomic mass is 9.92. The van der Waals surface area contributed by atoms with E-state index in [1.807, 2.05) is 34.6 Å². The van der Waals surface area contributed by atoms with Gasteiger partial charge < -0.3 is 0 Å². The molecule has 2 rings (SSSR count). The number of rotatable bonds is 2. The standard InChI is InChI=1S/C14H15N.2C2H6/c1-10(2)13-5-4-12(8-11(13)3)14(9-15)6-7-14;2*1-2/h4-5,8H,1,6-7H2,2-3H3;2*1-2H3. The third-order valence-electron chi connectivity index (χ3n) is 3.20. The first-order chi connectivity index (χ1) is 9.09. The molecule has 0 heterocycles. The van der Waals surface area contributed by atoms with Crippen LogP contribution in [0.3, 0.4) is 0 Å². The van der Waals surface area contributed by atoms with Crippen LogP contribution in [0.4, 0.5) is 0 Å². The van der Waals surface area contributed by atoms with Gasteiger partial charge in [-0.25, -0.2) is 0 Å². The van der Waals surface area contributed by atoms with Gasteiger partial charge in [-0.1, -0.05) is 58.0 Å². The first kappa shape index (κ1) is 17.4. The lowest BCUT2D eigenvalue weighted by Gasteiger charge is -2.11. The average molecular weight is 257 g/mol. The van der Waals surface area contributed by atoms with Gasteiger partial charge in [0.2, 0.25) is 0 Å². The summed E-state index contributed by atoms with van der Waals surface area (Å²) >= 11 is 0. The van der Waals surface area contributed by atoms with Crippen LogP contribution >= 0.6 is 0 Å². The van der Waals surface area contributed by atoms with Crippen LogP contribution in [0.1, 0.15) is 64.2 Å². The highest BCUT2D eigenvalue weighted by Gasteiger charge is 2.44. The summed E-state index contributed by atoms with van der Waals surface area (Å²) in [6.45, 7) is 16.0. The SMILES string of the molecule is C=C(C)c1ccc(C2(C#N)CC2)cc1C.CC.CC. The van der Waals surface area contributed by atoms with Crippen molar-refractivity contribution >= 4 is 5.57 Å².